The van der Waals surface area contributed by atoms with E-state index >= 15 is 0 Å². The minimum absolute atomic E-state index is 0.0361. The lowest BCUT2D eigenvalue weighted by atomic mass is 9.72. The highest BCUT2D eigenvalue weighted by Gasteiger charge is 2.61. The van der Waals surface area contributed by atoms with Gasteiger partial charge in [-0.3, -0.25) is 9.59 Å². The highest BCUT2D eigenvalue weighted by atomic mass is 16.7. The lowest BCUT2D eigenvalue weighted by Crippen LogP contribution is -2.48. The maximum atomic E-state index is 13.8. The Morgan fingerprint density at radius 2 is 1.81 bits per heavy atom. The van der Waals surface area contributed by atoms with Crippen LogP contribution >= 0.6 is 0 Å². The van der Waals surface area contributed by atoms with Gasteiger partial charge in [-0.05, 0) is 47.7 Å². The number of hydrogen-bond donors (Lipinski definition) is 4. The zero-order valence-electron chi connectivity index (χ0n) is 23.4. The fraction of sp³-hybridized carbons (Fsp3) is 0.250. The molecule has 0 saturated heterocycles. The number of nitrogens with one attached hydrogen (secondary N) is 3. The van der Waals surface area contributed by atoms with Crippen LogP contribution in [0.15, 0.2) is 77.2 Å². The van der Waals surface area contributed by atoms with Crippen LogP contribution in [0.4, 0.5) is 5.69 Å². The highest BCUT2D eigenvalue weighted by molar-refractivity contribution is 5.94. The summed E-state index contributed by atoms with van der Waals surface area (Å²) in [5.41, 5.74) is 11.0. The number of fused-ring (bicyclic) bond motifs is 4. The van der Waals surface area contributed by atoms with Gasteiger partial charge in [0.2, 0.25) is 11.8 Å². The Hall–Kier alpha value is -5.16. The van der Waals surface area contributed by atoms with Crippen LogP contribution in [0.25, 0.3) is 0 Å². The number of anilines is 1. The molecular formula is C32H29N5O6. The smallest absolute Gasteiger partial charge is 0.356 e. The fourth-order valence-electron chi connectivity index (χ4n) is 6.21. The molecule has 1 aromatic heterocycles. The van der Waals surface area contributed by atoms with E-state index in [4.69, 9.17) is 19.7 Å². The molecule has 2 amide bonds. The number of nitrogens with two attached hydrogens (primary N) is 1. The van der Waals surface area contributed by atoms with E-state index in [1.54, 1.807) is 30.3 Å². The summed E-state index contributed by atoms with van der Waals surface area (Å²) in [6.45, 7) is 3.80. The number of hydrogen-bond acceptors (Lipinski definition) is 9. The number of rotatable bonds is 5. The van der Waals surface area contributed by atoms with Crippen molar-refractivity contribution in [3.05, 3.63) is 112 Å². The van der Waals surface area contributed by atoms with Crippen molar-refractivity contribution >= 4 is 23.5 Å². The Morgan fingerprint density at radius 3 is 2.58 bits per heavy atom. The molecular weight excluding hydrogens is 550 g/mol. The number of nitrogens with zero attached hydrogens (tertiary/aromatic N) is 1. The second kappa shape index (κ2) is 9.99. The second-order valence-corrected chi connectivity index (χ2v) is 11.3. The van der Waals surface area contributed by atoms with E-state index in [1.165, 1.54) is 0 Å². The Bertz CT molecular complexity index is 1770. The maximum Gasteiger partial charge on any atom is 0.356 e. The SMILES string of the molecule is CC(C)[C@@H]1NC(=O)C(NOC(=O)c2ccccc2)Cc2ccc3c(c2)C2(c4ccccc4NC2O3)c2oc1nc2C(N)=O. The Morgan fingerprint density at radius 1 is 1.05 bits per heavy atom. The molecule has 7 rings (SSSR count). The summed E-state index contributed by atoms with van der Waals surface area (Å²) in [6.07, 6.45) is -0.471. The number of benzene rings is 3. The number of primary amides is 1. The summed E-state index contributed by atoms with van der Waals surface area (Å²) >= 11 is 0. The van der Waals surface area contributed by atoms with E-state index in [1.807, 2.05) is 56.3 Å². The zero-order chi connectivity index (χ0) is 29.9. The molecule has 0 aliphatic carbocycles. The molecule has 4 bridgehead atoms. The average Bonchev–Trinajstić information content (AvgIpc) is 3.67. The van der Waals surface area contributed by atoms with Gasteiger partial charge in [0.1, 0.15) is 23.2 Å². The van der Waals surface area contributed by atoms with Gasteiger partial charge < -0.3 is 30.4 Å². The van der Waals surface area contributed by atoms with Crippen molar-refractivity contribution in [2.45, 2.75) is 44.0 Å². The van der Waals surface area contributed by atoms with E-state index < -0.39 is 41.5 Å². The topological polar surface area (TPSA) is 158 Å². The first-order valence-corrected chi connectivity index (χ1v) is 14.1. The van der Waals surface area contributed by atoms with Crippen LogP contribution in [0, 0.1) is 5.92 Å². The van der Waals surface area contributed by atoms with Gasteiger partial charge in [-0.1, -0.05) is 62.4 Å². The standard InChI is InChI=1S/C32H29N5O6/c1-16(2)24-29-36-25(27(33)38)26(42-29)32-19-10-6-7-11-21(19)34-31(32)41-23-13-12-17(14-20(23)32)15-22(28(39)35-24)37-43-30(40)18-8-4-3-5-9-18/h3-14,16,22,24,31,34,37H,15H2,1-2H3,(H2,33,38)(H,35,39)/t22?,24-,31?,32?/m0/s1. The van der Waals surface area contributed by atoms with Gasteiger partial charge in [-0.25, -0.2) is 9.78 Å². The van der Waals surface area contributed by atoms with Gasteiger partial charge in [0.25, 0.3) is 5.91 Å². The van der Waals surface area contributed by atoms with Crippen molar-refractivity contribution in [2.24, 2.45) is 11.7 Å². The van der Waals surface area contributed by atoms with Crippen LogP contribution in [-0.2, 0) is 21.5 Å². The van der Waals surface area contributed by atoms with E-state index in [2.05, 4.69) is 21.1 Å². The van der Waals surface area contributed by atoms with Crippen molar-refractivity contribution in [2.75, 3.05) is 5.32 Å². The summed E-state index contributed by atoms with van der Waals surface area (Å²) in [4.78, 5) is 49.4. The molecule has 4 atom stereocenters. The quantitative estimate of drug-likeness (QED) is 0.260. The molecule has 0 radical (unpaired) electrons. The molecule has 3 aromatic carbocycles. The third-order valence-electron chi connectivity index (χ3n) is 8.27. The molecule has 3 aliphatic rings. The highest BCUT2D eigenvalue weighted by Crippen LogP contribution is 2.58. The van der Waals surface area contributed by atoms with Crippen molar-refractivity contribution in [1.29, 1.82) is 0 Å². The summed E-state index contributed by atoms with van der Waals surface area (Å²) < 4.78 is 12.9. The third-order valence-corrected chi connectivity index (χ3v) is 8.27. The lowest BCUT2D eigenvalue weighted by Gasteiger charge is -2.28. The first-order chi connectivity index (χ1) is 20.8. The first-order valence-electron chi connectivity index (χ1n) is 14.1. The number of para-hydroxylation sites is 1. The molecule has 1 spiro atoms. The third kappa shape index (κ3) is 4.15. The second-order valence-electron chi connectivity index (χ2n) is 11.3. The first kappa shape index (κ1) is 26.7. The van der Waals surface area contributed by atoms with E-state index in [0.717, 1.165) is 22.4 Å². The minimum atomic E-state index is -1.09. The number of carbonyl (C=O) groups is 3. The molecule has 11 heteroatoms. The maximum absolute atomic E-state index is 13.8. The molecule has 43 heavy (non-hydrogen) atoms. The summed E-state index contributed by atoms with van der Waals surface area (Å²) in [6, 6.07) is 20.1. The molecule has 0 fully saturated rings. The summed E-state index contributed by atoms with van der Waals surface area (Å²) in [7, 11) is 0. The number of aromatic nitrogens is 1. The summed E-state index contributed by atoms with van der Waals surface area (Å²) in [5, 5.41) is 6.43. The van der Waals surface area contributed by atoms with Gasteiger partial charge in [0.05, 0.1) is 5.56 Å². The van der Waals surface area contributed by atoms with E-state index in [-0.39, 0.29) is 29.7 Å². The number of carbonyl (C=O) groups excluding carboxylic acids is 3. The van der Waals surface area contributed by atoms with Gasteiger partial charge in [-0.15, -0.1) is 5.48 Å². The van der Waals surface area contributed by atoms with Gasteiger partial charge in [0.15, 0.2) is 17.7 Å². The molecule has 4 aromatic rings. The molecule has 0 saturated carbocycles. The predicted molar refractivity (Wildman–Crippen MR) is 154 cm³/mol. The molecule has 3 aliphatic heterocycles. The monoisotopic (exact) mass is 579 g/mol. The van der Waals surface area contributed by atoms with Gasteiger partial charge in [0, 0.05) is 11.3 Å². The predicted octanol–water partition coefficient (Wildman–Crippen LogP) is 3.35. The zero-order valence-corrected chi connectivity index (χ0v) is 23.4. The normalized spacial score (nSPS) is 23.1. The van der Waals surface area contributed by atoms with Crippen LogP contribution in [0.3, 0.4) is 0 Å². The van der Waals surface area contributed by atoms with E-state index in [9.17, 15) is 14.4 Å². The van der Waals surface area contributed by atoms with Crippen molar-refractivity contribution in [3.8, 4) is 5.75 Å². The molecule has 4 heterocycles. The number of amides is 2. The minimum Gasteiger partial charge on any atom is -0.469 e. The molecule has 218 valence electrons. The van der Waals surface area contributed by atoms with Crippen molar-refractivity contribution in [1.82, 2.24) is 15.8 Å². The van der Waals surface area contributed by atoms with Gasteiger partial charge in [-0.2, -0.15) is 0 Å². The largest absolute Gasteiger partial charge is 0.469 e. The average molecular weight is 580 g/mol. The molecule has 3 unspecified atom stereocenters. The fourth-order valence-corrected chi connectivity index (χ4v) is 6.21. The van der Waals surface area contributed by atoms with Crippen molar-refractivity contribution < 1.29 is 28.4 Å². The Balaban J connectivity index is 1.39. The Labute approximate surface area is 246 Å². The van der Waals surface area contributed by atoms with Crippen LogP contribution in [0.1, 0.15) is 69.1 Å². The van der Waals surface area contributed by atoms with Crippen molar-refractivity contribution in [3.63, 3.8) is 0 Å². The molecule has 11 nitrogen and oxygen atoms in total. The summed E-state index contributed by atoms with van der Waals surface area (Å²) in [5.74, 6) is -1.05. The lowest BCUT2D eigenvalue weighted by molar-refractivity contribution is -0.127. The molecule has 5 N–H and O–H groups in total. The van der Waals surface area contributed by atoms with Crippen LogP contribution < -0.4 is 26.6 Å². The van der Waals surface area contributed by atoms with Crippen LogP contribution in [0.5, 0.6) is 5.75 Å². The Kier molecular flexibility index (Phi) is 6.21. The van der Waals surface area contributed by atoms with Crippen LogP contribution in [0.2, 0.25) is 0 Å². The number of oxazole rings is 1. The van der Waals surface area contributed by atoms with Crippen LogP contribution in [-0.4, -0.2) is 35.0 Å². The van der Waals surface area contributed by atoms with Gasteiger partial charge >= 0.3 is 5.97 Å². The van der Waals surface area contributed by atoms with E-state index in [0.29, 0.717) is 11.3 Å². The number of ether oxygens (including phenoxy) is 1. The number of hydroxylamine groups is 1.